The summed E-state index contributed by atoms with van der Waals surface area (Å²) in [6.45, 7) is 2.46. The number of hydrogen-bond acceptors (Lipinski definition) is 4. The normalized spacial score (nSPS) is 10.5. The second-order valence-electron chi connectivity index (χ2n) is 3.54. The summed E-state index contributed by atoms with van der Waals surface area (Å²) in [5.41, 5.74) is 7.79. The molecule has 2 N–H and O–H groups in total. The van der Waals surface area contributed by atoms with E-state index in [1.807, 2.05) is 31.2 Å². The van der Waals surface area contributed by atoms with Gasteiger partial charge in [0.25, 0.3) is 0 Å². The zero-order valence-corrected chi connectivity index (χ0v) is 11.8. The first-order valence-electron chi connectivity index (χ1n) is 5.15. The van der Waals surface area contributed by atoms with E-state index in [1.54, 1.807) is 6.20 Å². The molecule has 0 radical (unpaired) electrons. The van der Waals surface area contributed by atoms with Crippen LogP contribution in [0.2, 0.25) is 0 Å². The van der Waals surface area contributed by atoms with Crippen molar-refractivity contribution in [3.8, 4) is 0 Å². The van der Waals surface area contributed by atoms with Crippen molar-refractivity contribution >= 4 is 27.7 Å². The van der Waals surface area contributed by atoms with Crippen LogP contribution in [0.1, 0.15) is 11.3 Å². The standard InChI is InChI=1S/C12H12BrN3S/c1-8-4-5-15-12(16-8)17-11-3-2-10(13)6-9(11)7-14/h2-6H,7,14H2,1H3. The summed E-state index contributed by atoms with van der Waals surface area (Å²) >= 11 is 4.98. The monoisotopic (exact) mass is 309 g/mol. The Labute approximate surface area is 113 Å². The van der Waals surface area contributed by atoms with Gasteiger partial charge in [0.15, 0.2) is 5.16 Å². The number of halogens is 1. The molecule has 0 atom stereocenters. The van der Waals surface area contributed by atoms with Gasteiger partial charge in [-0.2, -0.15) is 0 Å². The molecular weight excluding hydrogens is 298 g/mol. The van der Waals surface area contributed by atoms with Crippen LogP contribution in [0.5, 0.6) is 0 Å². The van der Waals surface area contributed by atoms with Gasteiger partial charge in [-0.3, -0.25) is 0 Å². The van der Waals surface area contributed by atoms with E-state index < -0.39 is 0 Å². The maximum absolute atomic E-state index is 5.73. The number of nitrogens with two attached hydrogens (primary N) is 1. The summed E-state index contributed by atoms with van der Waals surface area (Å²) in [5.74, 6) is 0. The van der Waals surface area contributed by atoms with Gasteiger partial charge in [-0.15, -0.1) is 0 Å². The number of aryl methyl sites for hydroxylation is 1. The van der Waals surface area contributed by atoms with E-state index in [4.69, 9.17) is 5.73 Å². The van der Waals surface area contributed by atoms with E-state index in [9.17, 15) is 0 Å². The Morgan fingerprint density at radius 1 is 1.35 bits per heavy atom. The van der Waals surface area contributed by atoms with Gasteiger partial charge >= 0.3 is 0 Å². The molecule has 1 aromatic carbocycles. The van der Waals surface area contributed by atoms with E-state index in [0.717, 1.165) is 25.8 Å². The van der Waals surface area contributed by atoms with Gasteiger partial charge in [0.2, 0.25) is 0 Å². The summed E-state index contributed by atoms with van der Waals surface area (Å²) in [6.07, 6.45) is 1.77. The molecule has 2 aromatic rings. The third-order valence-corrected chi connectivity index (χ3v) is 3.71. The minimum Gasteiger partial charge on any atom is -0.326 e. The van der Waals surface area contributed by atoms with Crippen LogP contribution in [-0.2, 0) is 6.54 Å². The van der Waals surface area contributed by atoms with E-state index in [0.29, 0.717) is 6.54 Å². The van der Waals surface area contributed by atoms with Crippen molar-refractivity contribution in [1.29, 1.82) is 0 Å². The van der Waals surface area contributed by atoms with Gasteiger partial charge in [0, 0.05) is 27.8 Å². The summed E-state index contributed by atoms with van der Waals surface area (Å²) in [5, 5.41) is 0.752. The van der Waals surface area contributed by atoms with E-state index in [-0.39, 0.29) is 0 Å². The topological polar surface area (TPSA) is 51.8 Å². The Morgan fingerprint density at radius 2 is 2.18 bits per heavy atom. The molecule has 2 rings (SSSR count). The minimum atomic E-state index is 0.508. The fraction of sp³-hybridized carbons (Fsp3) is 0.167. The minimum absolute atomic E-state index is 0.508. The fourth-order valence-electron chi connectivity index (χ4n) is 1.38. The van der Waals surface area contributed by atoms with Crippen LogP contribution >= 0.6 is 27.7 Å². The molecule has 0 saturated carbocycles. The highest BCUT2D eigenvalue weighted by Gasteiger charge is 2.06. The second-order valence-corrected chi connectivity index (χ2v) is 5.46. The van der Waals surface area contributed by atoms with E-state index >= 15 is 0 Å². The lowest BCUT2D eigenvalue weighted by molar-refractivity contribution is 0.928. The summed E-state index contributed by atoms with van der Waals surface area (Å²) in [4.78, 5) is 9.70. The highest BCUT2D eigenvalue weighted by atomic mass is 79.9. The highest BCUT2D eigenvalue weighted by molar-refractivity contribution is 9.10. The summed E-state index contributed by atoms with van der Waals surface area (Å²) in [7, 11) is 0. The first-order chi connectivity index (χ1) is 8.19. The zero-order chi connectivity index (χ0) is 12.3. The van der Waals surface area contributed by atoms with Crippen molar-refractivity contribution in [2.45, 2.75) is 23.5 Å². The smallest absolute Gasteiger partial charge is 0.192 e. The molecule has 3 nitrogen and oxygen atoms in total. The lowest BCUT2D eigenvalue weighted by Crippen LogP contribution is -1.99. The molecule has 17 heavy (non-hydrogen) atoms. The second kappa shape index (κ2) is 5.62. The molecule has 0 amide bonds. The molecule has 0 spiro atoms. The number of aromatic nitrogens is 2. The third-order valence-electron chi connectivity index (χ3n) is 2.22. The van der Waals surface area contributed by atoms with Crippen molar-refractivity contribution in [3.05, 3.63) is 46.2 Å². The molecule has 0 bridgehead atoms. The molecule has 1 aromatic heterocycles. The number of rotatable bonds is 3. The van der Waals surface area contributed by atoms with Gasteiger partial charge in [0.05, 0.1) is 0 Å². The number of nitrogens with zero attached hydrogens (tertiary/aromatic N) is 2. The molecule has 5 heteroatoms. The van der Waals surface area contributed by atoms with Crippen molar-refractivity contribution in [1.82, 2.24) is 9.97 Å². The molecule has 88 valence electrons. The lowest BCUT2D eigenvalue weighted by atomic mass is 10.2. The molecule has 0 unspecified atom stereocenters. The Kier molecular flexibility index (Phi) is 4.15. The van der Waals surface area contributed by atoms with Crippen LogP contribution in [0.3, 0.4) is 0 Å². The van der Waals surface area contributed by atoms with Gasteiger partial charge < -0.3 is 5.73 Å². The van der Waals surface area contributed by atoms with Crippen molar-refractivity contribution in [3.63, 3.8) is 0 Å². The molecule has 0 fully saturated rings. The lowest BCUT2D eigenvalue weighted by Gasteiger charge is -2.07. The van der Waals surface area contributed by atoms with Crippen LogP contribution in [0, 0.1) is 6.92 Å². The maximum Gasteiger partial charge on any atom is 0.192 e. The number of benzene rings is 1. The predicted octanol–water partition coefficient (Wildman–Crippen LogP) is 3.16. The summed E-state index contributed by atoms with van der Waals surface area (Å²) in [6, 6.07) is 7.94. The SMILES string of the molecule is Cc1ccnc(Sc2ccc(Br)cc2CN)n1. The quantitative estimate of drug-likeness (QED) is 0.885. The van der Waals surface area contributed by atoms with Crippen LogP contribution in [0.4, 0.5) is 0 Å². The third kappa shape index (κ3) is 3.28. The van der Waals surface area contributed by atoms with Gasteiger partial charge in [0.1, 0.15) is 0 Å². The average molecular weight is 310 g/mol. The Hall–Kier alpha value is -0.910. The molecule has 0 aliphatic rings. The largest absolute Gasteiger partial charge is 0.326 e. The number of hydrogen-bond donors (Lipinski definition) is 1. The zero-order valence-electron chi connectivity index (χ0n) is 9.35. The molecule has 0 aliphatic heterocycles. The Balaban J connectivity index is 2.29. The first-order valence-corrected chi connectivity index (χ1v) is 6.76. The Morgan fingerprint density at radius 3 is 2.88 bits per heavy atom. The van der Waals surface area contributed by atoms with Crippen LogP contribution < -0.4 is 5.73 Å². The predicted molar refractivity (Wildman–Crippen MR) is 72.9 cm³/mol. The highest BCUT2D eigenvalue weighted by Crippen LogP contribution is 2.29. The van der Waals surface area contributed by atoms with Crippen LogP contribution in [-0.4, -0.2) is 9.97 Å². The molecule has 0 saturated heterocycles. The first kappa shape index (κ1) is 12.5. The maximum atomic E-state index is 5.73. The molecule has 0 aliphatic carbocycles. The van der Waals surface area contributed by atoms with E-state index in [1.165, 1.54) is 11.8 Å². The van der Waals surface area contributed by atoms with Crippen LogP contribution in [0.15, 0.2) is 45.0 Å². The van der Waals surface area contributed by atoms with Crippen LogP contribution in [0.25, 0.3) is 0 Å². The van der Waals surface area contributed by atoms with Crippen molar-refractivity contribution in [2.75, 3.05) is 0 Å². The van der Waals surface area contributed by atoms with Gasteiger partial charge in [-0.1, -0.05) is 15.9 Å². The van der Waals surface area contributed by atoms with Gasteiger partial charge in [-0.25, -0.2) is 9.97 Å². The van der Waals surface area contributed by atoms with Crippen molar-refractivity contribution in [2.24, 2.45) is 5.73 Å². The van der Waals surface area contributed by atoms with Gasteiger partial charge in [-0.05, 0) is 48.5 Å². The average Bonchev–Trinajstić information content (AvgIpc) is 2.31. The van der Waals surface area contributed by atoms with E-state index in [2.05, 4.69) is 25.9 Å². The van der Waals surface area contributed by atoms with Crippen molar-refractivity contribution < 1.29 is 0 Å². The fourth-order valence-corrected chi connectivity index (χ4v) is 2.70. The summed E-state index contributed by atoms with van der Waals surface area (Å²) < 4.78 is 1.03. The molecule has 1 heterocycles. The molecular formula is C12H12BrN3S. The Bertz CT molecular complexity index is 531.